The second-order valence-corrected chi connectivity index (χ2v) is 9.33. The Hall–Kier alpha value is -4.47. The molecule has 43 heavy (non-hydrogen) atoms. The summed E-state index contributed by atoms with van der Waals surface area (Å²) in [7, 11) is 6.47. The molecule has 0 amide bonds. The minimum Gasteiger partial charge on any atom is -0.539 e. The van der Waals surface area contributed by atoms with Gasteiger partial charge in [-0.1, -0.05) is 12.1 Å². The molecule has 1 heterocycles. The monoisotopic (exact) mass is 630 g/mol. The van der Waals surface area contributed by atoms with Crippen molar-refractivity contribution >= 4 is 41.2 Å². The third kappa shape index (κ3) is 12.5. The molecule has 1 saturated heterocycles. The number of benzene rings is 2. The number of carboxylic acids is 4. The van der Waals surface area contributed by atoms with Gasteiger partial charge in [-0.2, -0.15) is 0 Å². The number of aliphatic carboxylic acids is 4. The van der Waals surface area contributed by atoms with Gasteiger partial charge in [0, 0.05) is 18.2 Å². The fraction of sp³-hybridized carbons (Fsp3) is 0.407. The predicted molar refractivity (Wildman–Crippen MR) is 145 cm³/mol. The van der Waals surface area contributed by atoms with E-state index in [-0.39, 0.29) is 5.38 Å². The Morgan fingerprint density at radius 2 is 1.28 bits per heavy atom. The minimum atomic E-state index is -2.07. The molecule has 0 bridgehead atoms. The highest BCUT2D eigenvalue weighted by Gasteiger charge is 2.28. The van der Waals surface area contributed by atoms with Gasteiger partial charge in [-0.3, -0.25) is 4.90 Å². The molecule has 0 radical (unpaired) electrons. The lowest BCUT2D eigenvalue weighted by molar-refractivity contribution is -0.986. The number of hydrogen-bond acceptors (Lipinski definition) is 11. The van der Waals surface area contributed by atoms with Crippen molar-refractivity contribution in [1.82, 2.24) is 0 Å². The number of hydrogen-bond donors (Lipinski definition) is 4. The van der Waals surface area contributed by atoms with Gasteiger partial charge in [0.2, 0.25) is 5.75 Å². The fourth-order valence-electron chi connectivity index (χ4n) is 4.01. The molecule has 1 fully saturated rings. The lowest BCUT2D eigenvalue weighted by Crippen LogP contribution is -3.26. The number of carbonyl (C=O) groups excluding carboxylic acids is 2. The molecule has 1 atom stereocenters. The number of alkyl halides is 1. The van der Waals surface area contributed by atoms with Crippen LogP contribution in [0.2, 0.25) is 0 Å². The van der Waals surface area contributed by atoms with E-state index in [1.54, 1.807) is 40.6 Å². The number of rotatable bonds is 10. The first-order valence-electron chi connectivity index (χ1n) is 12.6. The van der Waals surface area contributed by atoms with Crippen molar-refractivity contribution in [3.63, 3.8) is 0 Å². The summed E-state index contributed by atoms with van der Waals surface area (Å²) >= 11 is 6.61. The van der Waals surface area contributed by atoms with Crippen LogP contribution < -0.4 is 43.7 Å². The summed E-state index contributed by atoms with van der Waals surface area (Å²) in [5, 5.41) is 32.5. The van der Waals surface area contributed by atoms with Gasteiger partial charge in [0.15, 0.2) is 34.9 Å². The molecule has 4 N–H and O–H groups in total. The van der Waals surface area contributed by atoms with Crippen LogP contribution in [-0.2, 0) is 19.2 Å². The summed E-state index contributed by atoms with van der Waals surface area (Å²) in [5.74, 6) is -4.77. The van der Waals surface area contributed by atoms with E-state index in [1.165, 1.54) is 15.5 Å². The normalized spacial score (nSPS) is 16.0. The second-order valence-electron chi connectivity index (χ2n) is 8.71. The second kappa shape index (κ2) is 18.9. The minimum absolute atomic E-state index is 0.0955. The smallest absolute Gasteiger partial charge is 0.351 e. The van der Waals surface area contributed by atoms with Gasteiger partial charge >= 0.3 is 11.9 Å². The molecule has 0 aliphatic carbocycles. The number of para-hydroxylation sites is 2. The number of piperazine rings is 1. The zero-order valence-corrected chi connectivity index (χ0v) is 24.8. The zero-order chi connectivity index (χ0) is 32.5. The maximum Gasteiger partial charge on any atom is 0.351 e. The Morgan fingerprint density at radius 3 is 1.70 bits per heavy atom. The quantitative estimate of drug-likeness (QED) is 0.148. The Balaban J connectivity index is 0.000000649. The van der Waals surface area contributed by atoms with Crippen LogP contribution in [0.4, 0.5) is 5.69 Å². The first-order chi connectivity index (χ1) is 20.4. The van der Waals surface area contributed by atoms with Crippen LogP contribution >= 0.6 is 11.6 Å². The van der Waals surface area contributed by atoms with Crippen LogP contribution in [0.1, 0.15) is 0 Å². The summed E-state index contributed by atoms with van der Waals surface area (Å²) in [4.78, 5) is 39.0. The van der Waals surface area contributed by atoms with Gasteiger partial charge in [0.25, 0.3) is 0 Å². The van der Waals surface area contributed by atoms with Crippen molar-refractivity contribution in [2.45, 2.75) is 5.38 Å². The topological polar surface area (TPSA) is 210 Å². The van der Waals surface area contributed by atoms with Crippen molar-refractivity contribution in [2.24, 2.45) is 0 Å². The number of carboxylic acid groups (broad SMARTS) is 4. The van der Waals surface area contributed by atoms with E-state index >= 15 is 0 Å². The van der Waals surface area contributed by atoms with E-state index in [1.807, 2.05) is 12.1 Å². The fourth-order valence-corrected chi connectivity index (χ4v) is 4.30. The Morgan fingerprint density at radius 1 is 0.814 bits per heavy atom. The van der Waals surface area contributed by atoms with Crippen LogP contribution in [0.15, 0.2) is 36.4 Å². The summed E-state index contributed by atoms with van der Waals surface area (Å²) in [6, 6.07) is 11.8. The van der Waals surface area contributed by atoms with Crippen LogP contribution in [-0.4, -0.2) is 107 Å². The van der Waals surface area contributed by atoms with Gasteiger partial charge in [-0.25, -0.2) is 9.59 Å². The number of quaternary nitrogens is 2. The molecule has 3 rings (SSSR count). The number of carbonyl (C=O) groups is 4. The van der Waals surface area contributed by atoms with E-state index in [9.17, 15) is 0 Å². The number of ether oxygens (including phenoxy) is 5. The third-order valence-electron chi connectivity index (χ3n) is 5.98. The first-order valence-corrected chi connectivity index (χ1v) is 13.1. The number of nitrogens with one attached hydrogen (secondary N) is 2. The van der Waals surface area contributed by atoms with Crippen molar-refractivity contribution in [1.29, 1.82) is 0 Å². The van der Waals surface area contributed by atoms with Gasteiger partial charge in [-0.15, -0.1) is 11.6 Å². The van der Waals surface area contributed by atoms with Crippen molar-refractivity contribution < 1.29 is 73.1 Å². The highest BCUT2D eigenvalue weighted by molar-refractivity contribution is 6.26. The number of methoxy groups -OCH3 is 4. The molecule has 1 aliphatic heterocycles. The molecule has 1 aliphatic rings. The predicted octanol–water partition coefficient (Wildman–Crippen LogP) is -3.54. The lowest BCUT2D eigenvalue weighted by atomic mass is 10.2. The summed E-state index contributed by atoms with van der Waals surface area (Å²) < 4.78 is 27.6. The highest BCUT2D eigenvalue weighted by atomic mass is 35.5. The molecule has 238 valence electrons. The molecular formula is C27H35ClN2O13. The molecule has 16 heteroatoms. The summed E-state index contributed by atoms with van der Waals surface area (Å²) in [6.45, 7) is 5.47. The lowest BCUT2D eigenvalue weighted by Gasteiger charge is -2.30. The van der Waals surface area contributed by atoms with Crippen molar-refractivity contribution in [3.05, 3.63) is 36.4 Å². The maximum absolute atomic E-state index is 9.04. The molecular weight excluding hydrogens is 596 g/mol. The third-order valence-corrected chi connectivity index (χ3v) is 6.26. The Kier molecular flexibility index (Phi) is 16.0. The van der Waals surface area contributed by atoms with Gasteiger partial charge < -0.3 is 58.6 Å². The van der Waals surface area contributed by atoms with E-state index in [2.05, 4.69) is 12.1 Å². The molecule has 1 unspecified atom stereocenters. The molecule has 0 saturated carbocycles. The summed E-state index contributed by atoms with van der Waals surface area (Å²) in [5.41, 5.74) is 1.23. The molecule has 2 aromatic carbocycles. The standard InChI is InChI=1S/C23H31ClN2O5.2C2H2O4/c1-27-20-8-6-5-7-19(20)26-11-9-25(10-12-26)15-17(24)16-31-18-13-21(28-2)23(30-4)22(14-18)29-3;2*3-1(4)2(5)6/h5-8,13-14,17H,9-12,15-16H2,1-4H3;2*(H,3,4)(H,5,6). The average molecular weight is 631 g/mol. The zero-order valence-electron chi connectivity index (χ0n) is 24.0. The van der Waals surface area contributed by atoms with Crippen molar-refractivity contribution in [2.75, 3.05) is 67.8 Å². The van der Waals surface area contributed by atoms with Crippen LogP contribution in [0.5, 0.6) is 28.7 Å². The van der Waals surface area contributed by atoms with E-state index < -0.39 is 23.9 Å². The molecule has 0 spiro atoms. The molecule has 15 nitrogen and oxygen atoms in total. The molecule has 2 aromatic rings. The maximum atomic E-state index is 9.04. The van der Waals surface area contributed by atoms with Gasteiger partial charge in [0.1, 0.15) is 43.9 Å². The van der Waals surface area contributed by atoms with Gasteiger partial charge in [0.05, 0.1) is 35.0 Å². The SMILES string of the molecule is COc1ccccc1[NH+]1CC[NH+](CC(Cl)COc2cc(OC)c(OC)c(OC)c2)CC1.O=C([O-])C(=O)O.O=C([O-])C(=O)O. The van der Waals surface area contributed by atoms with Crippen LogP contribution in [0.25, 0.3) is 0 Å². The Bertz CT molecular complexity index is 1150. The largest absolute Gasteiger partial charge is 0.539 e. The van der Waals surface area contributed by atoms with Crippen LogP contribution in [0.3, 0.4) is 0 Å². The van der Waals surface area contributed by atoms with E-state index in [4.69, 9.17) is 74.9 Å². The van der Waals surface area contributed by atoms with Gasteiger partial charge in [-0.05, 0) is 6.07 Å². The number of halogens is 1. The highest BCUT2D eigenvalue weighted by Crippen LogP contribution is 2.40. The van der Waals surface area contributed by atoms with E-state index in [0.717, 1.165) is 38.5 Å². The van der Waals surface area contributed by atoms with Crippen LogP contribution in [0, 0.1) is 0 Å². The van der Waals surface area contributed by atoms with Crippen molar-refractivity contribution in [3.8, 4) is 28.7 Å². The first kappa shape index (κ1) is 36.6. The molecule has 0 aromatic heterocycles. The van der Waals surface area contributed by atoms with E-state index in [0.29, 0.717) is 29.6 Å². The Labute approximate surface area is 252 Å². The summed E-state index contributed by atoms with van der Waals surface area (Å²) in [6.07, 6.45) is 0. The average Bonchev–Trinajstić information content (AvgIpc) is 3.00.